The summed E-state index contributed by atoms with van der Waals surface area (Å²) in [5, 5.41) is 0. The van der Waals surface area contributed by atoms with Crippen LogP contribution >= 0.6 is 0 Å². The van der Waals surface area contributed by atoms with Gasteiger partial charge in [-0.15, -0.1) is 0 Å². The van der Waals surface area contributed by atoms with Crippen LogP contribution in [0.15, 0.2) is 58.1 Å². The Labute approximate surface area is 247 Å². The number of carbonyl (C=O) groups excluding carboxylic acids is 1. The third-order valence-electron chi connectivity index (χ3n) is 9.14. The van der Waals surface area contributed by atoms with Crippen molar-refractivity contribution < 1.29 is 23.1 Å². The lowest BCUT2D eigenvalue weighted by atomic mass is 9.80. The van der Waals surface area contributed by atoms with E-state index in [0.29, 0.717) is 40.6 Å². The molecule has 222 valence electrons. The lowest BCUT2D eigenvalue weighted by Crippen LogP contribution is -2.33. The summed E-state index contributed by atoms with van der Waals surface area (Å²) in [5.74, 6) is -0.775. The molecule has 2 fully saturated rings. The van der Waals surface area contributed by atoms with Crippen molar-refractivity contribution >= 4 is 22.7 Å². The second-order valence-electron chi connectivity index (χ2n) is 12.0. The minimum absolute atomic E-state index is 0.0925. The van der Waals surface area contributed by atoms with Crippen molar-refractivity contribution in [1.82, 2.24) is 19.9 Å². The van der Waals surface area contributed by atoms with Crippen molar-refractivity contribution in [1.29, 1.82) is 0 Å². The number of nitrogens with zero attached hydrogens (tertiary/aromatic N) is 5. The van der Waals surface area contributed by atoms with Crippen LogP contribution in [0.3, 0.4) is 0 Å². The Morgan fingerprint density at radius 2 is 2.05 bits per heavy atom. The summed E-state index contributed by atoms with van der Waals surface area (Å²) in [5.41, 5.74) is 13.8. The highest BCUT2D eigenvalue weighted by atomic mass is 19.1. The maximum absolute atomic E-state index is 14.2. The van der Waals surface area contributed by atoms with Gasteiger partial charge in [0.25, 0.3) is 11.6 Å². The molecule has 1 N–H and O–H groups in total. The van der Waals surface area contributed by atoms with Crippen LogP contribution in [0.5, 0.6) is 11.5 Å². The van der Waals surface area contributed by atoms with Gasteiger partial charge in [0.05, 0.1) is 22.7 Å². The van der Waals surface area contributed by atoms with E-state index in [4.69, 9.17) is 9.15 Å². The molecule has 1 amide bonds. The third-order valence-corrected chi connectivity index (χ3v) is 9.14. The Morgan fingerprint density at radius 1 is 1.23 bits per heavy atom. The van der Waals surface area contributed by atoms with Gasteiger partial charge in [0, 0.05) is 13.1 Å². The number of halogens is 1. The molecule has 10 nitrogen and oxygen atoms in total. The number of rotatable bonds is 7. The molecule has 0 saturated heterocycles. The molecular formula is C32H33FN6O4. The van der Waals surface area contributed by atoms with Crippen molar-refractivity contribution in [3.63, 3.8) is 0 Å². The van der Waals surface area contributed by atoms with Gasteiger partial charge in [0.2, 0.25) is 0 Å². The third kappa shape index (κ3) is 5.36. The largest absolute Gasteiger partial charge is 0.453 e. The fraction of sp³-hybridized carbons (Fsp3) is 0.406. The molecule has 0 bridgehead atoms. The first kappa shape index (κ1) is 28.5. The first-order valence-corrected chi connectivity index (χ1v) is 14.6. The minimum atomic E-state index is -0.543. The molecule has 0 aliphatic heterocycles. The number of amides is 1. The number of hydrogen-bond acceptors (Lipinski definition) is 6. The number of carbonyl (C=O) groups is 1. The van der Waals surface area contributed by atoms with Crippen LogP contribution in [-0.2, 0) is 6.42 Å². The van der Waals surface area contributed by atoms with Gasteiger partial charge in [0.15, 0.2) is 11.3 Å². The van der Waals surface area contributed by atoms with E-state index in [-0.39, 0.29) is 34.6 Å². The molecule has 3 unspecified atom stereocenters. The highest BCUT2D eigenvalue weighted by Gasteiger charge is 2.56. The van der Waals surface area contributed by atoms with Crippen molar-refractivity contribution in [3.05, 3.63) is 87.6 Å². The quantitative estimate of drug-likeness (QED) is 0.212. The van der Waals surface area contributed by atoms with Crippen LogP contribution in [0.4, 0.5) is 4.39 Å². The van der Waals surface area contributed by atoms with E-state index in [1.807, 2.05) is 32.0 Å². The zero-order chi connectivity index (χ0) is 30.3. The van der Waals surface area contributed by atoms with Crippen LogP contribution in [0.2, 0.25) is 0 Å². The number of nitrogens with one attached hydrogen (secondary N) is 1. The van der Waals surface area contributed by atoms with E-state index in [1.54, 1.807) is 7.05 Å². The van der Waals surface area contributed by atoms with Gasteiger partial charge in [-0.2, -0.15) is 4.79 Å². The van der Waals surface area contributed by atoms with Crippen molar-refractivity contribution in [2.24, 2.45) is 11.3 Å². The van der Waals surface area contributed by atoms with Gasteiger partial charge in [-0.3, -0.25) is 9.78 Å². The molecule has 1 spiro atoms. The second kappa shape index (κ2) is 11.2. The molecule has 2 aliphatic rings. The van der Waals surface area contributed by atoms with Crippen LogP contribution in [0, 0.1) is 17.2 Å². The molecule has 2 saturated carbocycles. The molecule has 2 aliphatic carbocycles. The van der Waals surface area contributed by atoms with E-state index in [9.17, 15) is 19.5 Å². The van der Waals surface area contributed by atoms with Crippen LogP contribution < -0.4 is 10.5 Å². The summed E-state index contributed by atoms with van der Waals surface area (Å²) in [6.45, 7) is 3.75. The fourth-order valence-electron chi connectivity index (χ4n) is 6.80. The maximum atomic E-state index is 14.2. The summed E-state index contributed by atoms with van der Waals surface area (Å²) < 4.78 is 25.6. The van der Waals surface area contributed by atoms with Crippen LogP contribution in [0.25, 0.3) is 16.6 Å². The van der Waals surface area contributed by atoms with Gasteiger partial charge in [0.1, 0.15) is 29.5 Å². The average molecular weight is 585 g/mol. The predicted octanol–water partition coefficient (Wildman–Crippen LogP) is 5.90. The number of aromatic nitrogens is 3. The standard InChI is InChI=1S/C32H33FN6O4/c1-18(2)39(3)30(40)23-14-21(33)5-7-25(23)42-27-16-35-17-36-28(27)22-9-11-32(29(22)38-34)10-8-20(15-32)12-19-4-6-26-24(13-19)37-31(41)43-26/h4-7,13-14,16-18,20,22H,8-12,15H2,1-3H3,(H,37,41). The molecule has 3 atom stereocenters. The maximum Gasteiger partial charge on any atom is 0.417 e. The monoisotopic (exact) mass is 584 g/mol. The number of oxazole rings is 1. The summed E-state index contributed by atoms with van der Waals surface area (Å²) in [6.07, 6.45) is 8.07. The van der Waals surface area contributed by atoms with Crippen molar-refractivity contribution in [2.75, 3.05) is 7.05 Å². The van der Waals surface area contributed by atoms with Crippen LogP contribution in [0.1, 0.15) is 73.5 Å². The molecule has 11 heteroatoms. The number of ether oxygens (including phenoxy) is 1. The number of hydrogen-bond donors (Lipinski definition) is 1. The van der Waals surface area contributed by atoms with Crippen LogP contribution in [-0.4, -0.2) is 49.4 Å². The highest BCUT2D eigenvalue weighted by molar-refractivity contribution is 5.97. The molecule has 0 radical (unpaired) electrons. The van der Waals surface area contributed by atoms with E-state index >= 15 is 0 Å². The normalized spacial score (nSPS) is 21.6. The highest BCUT2D eigenvalue weighted by Crippen LogP contribution is 2.56. The van der Waals surface area contributed by atoms with Gasteiger partial charge >= 0.3 is 5.76 Å². The molecule has 6 rings (SSSR count). The van der Waals surface area contributed by atoms with E-state index < -0.39 is 11.6 Å². The Balaban J connectivity index is 1.24. The lowest BCUT2D eigenvalue weighted by molar-refractivity contribution is -0.0219. The first-order chi connectivity index (χ1) is 20.7. The Kier molecular flexibility index (Phi) is 7.43. The summed E-state index contributed by atoms with van der Waals surface area (Å²) in [7, 11) is 1.66. The molecule has 4 aromatic rings. The Bertz CT molecular complexity index is 1810. The second-order valence-corrected chi connectivity index (χ2v) is 12.0. The molecule has 2 heterocycles. The predicted molar refractivity (Wildman–Crippen MR) is 157 cm³/mol. The fourth-order valence-corrected chi connectivity index (χ4v) is 6.80. The van der Waals surface area contributed by atoms with Crippen molar-refractivity contribution in [3.8, 4) is 11.5 Å². The van der Waals surface area contributed by atoms with Gasteiger partial charge in [-0.1, -0.05) is 6.07 Å². The Hall–Kier alpha value is -4.63. The number of H-pyrrole nitrogens is 1. The van der Waals surface area contributed by atoms with E-state index in [2.05, 4.69) is 19.7 Å². The topological polar surface area (TPSA) is 138 Å². The zero-order valence-electron chi connectivity index (χ0n) is 24.3. The minimum Gasteiger partial charge on any atom is -0.453 e. The molecule has 43 heavy (non-hydrogen) atoms. The van der Waals surface area contributed by atoms with E-state index in [1.165, 1.54) is 35.6 Å². The number of fused-ring (bicyclic) bond motifs is 1. The van der Waals surface area contributed by atoms with E-state index in [0.717, 1.165) is 37.7 Å². The first-order valence-electron chi connectivity index (χ1n) is 14.6. The molecule has 2 aromatic carbocycles. The summed E-state index contributed by atoms with van der Waals surface area (Å²) >= 11 is 0. The van der Waals surface area contributed by atoms with Gasteiger partial charge in [-0.25, -0.2) is 19.2 Å². The zero-order valence-corrected chi connectivity index (χ0v) is 24.3. The smallest absolute Gasteiger partial charge is 0.417 e. The number of benzene rings is 2. The lowest BCUT2D eigenvalue weighted by Gasteiger charge is -2.23. The van der Waals surface area contributed by atoms with Gasteiger partial charge < -0.3 is 19.6 Å². The summed E-state index contributed by atoms with van der Waals surface area (Å²) in [4.78, 5) is 41.5. The van der Waals surface area contributed by atoms with Crippen molar-refractivity contribution in [2.45, 2.75) is 64.3 Å². The molecular weight excluding hydrogens is 551 g/mol. The van der Waals surface area contributed by atoms with Gasteiger partial charge in [-0.05, 0) is 94.2 Å². The molecule has 2 aromatic heterocycles. The SMILES string of the molecule is CC(C)N(C)C(=O)c1cc(F)ccc1Oc1cncnc1C1CCC2(CCC(Cc3ccc4oc(=O)[nH]c4c3)C2)C1=[N+]=[N-]. The average Bonchev–Trinajstić information content (AvgIpc) is 3.68. The Morgan fingerprint density at radius 3 is 2.84 bits per heavy atom. The summed E-state index contributed by atoms with van der Waals surface area (Å²) in [6, 6.07) is 9.52. The number of aromatic amines is 1.